The van der Waals surface area contributed by atoms with Gasteiger partial charge in [0, 0.05) is 48.7 Å². The number of rotatable bonds is 9. The van der Waals surface area contributed by atoms with Crippen LogP contribution in [-0.2, 0) is 16.1 Å². The molecule has 2 N–H and O–H groups in total. The molecule has 1 fully saturated rings. The van der Waals surface area contributed by atoms with E-state index in [1.165, 1.54) is 6.08 Å². The number of benzene rings is 1. The smallest absolute Gasteiger partial charge is 0.247 e. The molecule has 0 radical (unpaired) electrons. The third-order valence-electron chi connectivity index (χ3n) is 6.68. The zero-order valence-electron chi connectivity index (χ0n) is 23.9. The van der Waals surface area contributed by atoms with Crippen molar-refractivity contribution in [2.75, 3.05) is 55.9 Å². The second kappa shape index (κ2) is 12.3. The van der Waals surface area contributed by atoms with Gasteiger partial charge in [-0.1, -0.05) is 36.9 Å². The summed E-state index contributed by atoms with van der Waals surface area (Å²) in [7, 11) is 4.08. The van der Waals surface area contributed by atoms with Crippen molar-refractivity contribution < 1.29 is 9.53 Å². The third kappa shape index (κ3) is 6.42. The summed E-state index contributed by atoms with van der Waals surface area (Å²) in [5.41, 5.74) is 5.92. The van der Waals surface area contributed by atoms with Gasteiger partial charge in [0.2, 0.25) is 11.9 Å². The largest absolute Gasteiger partial charge is 0.378 e. The minimum atomic E-state index is -0.314. The molecule has 0 spiro atoms. The van der Waals surface area contributed by atoms with E-state index in [0.717, 1.165) is 34.6 Å². The summed E-state index contributed by atoms with van der Waals surface area (Å²) >= 11 is 0. The van der Waals surface area contributed by atoms with Crippen LogP contribution in [0.5, 0.6) is 0 Å². The Kier molecular flexibility index (Phi) is 8.37. The average Bonchev–Trinajstić information content (AvgIpc) is 3.39. The SMILES string of the molecule is C=CC(=O)Nc1cc(Nc2ncc(C)c(-n3cc(CN(C)C)c(-c4ccccc4)n3)n2)c(C)nc1N1CCOCC1. The van der Waals surface area contributed by atoms with Crippen molar-refractivity contribution in [3.8, 4) is 17.1 Å². The maximum absolute atomic E-state index is 12.3. The van der Waals surface area contributed by atoms with E-state index in [2.05, 4.69) is 44.1 Å². The molecule has 1 aliphatic rings. The Hall–Kier alpha value is -4.61. The summed E-state index contributed by atoms with van der Waals surface area (Å²) in [5.74, 6) is 1.43. The van der Waals surface area contributed by atoms with Crippen LogP contribution in [0, 0.1) is 13.8 Å². The number of amides is 1. The maximum Gasteiger partial charge on any atom is 0.247 e. The second-order valence-electron chi connectivity index (χ2n) is 10.2. The molecule has 5 rings (SSSR count). The van der Waals surface area contributed by atoms with E-state index in [-0.39, 0.29) is 5.91 Å². The van der Waals surface area contributed by atoms with E-state index >= 15 is 0 Å². The third-order valence-corrected chi connectivity index (χ3v) is 6.68. The second-order valence-corrected chi connectivity index (χ2v) is 10.2. The first-order chi connectivity index (χ1) is 19.8. The zero-order chi connectivity index (χ0) is 28.9. The molecule has 3 aromatic heterocycles. The van der Waals surface area contributed by atoms with Gasteiger partial charge in [-0.15, -0.1) is 0 Å². The normalized spacial score (nSPS) is 13.3. The van der Waals surface area contributed by atoms with E-state index in [1.807, 2.05) is 63.1 Å². The van der Waals surface area contributed by atoms with Gasteiger partial charge >= 0.3 is 0 Å². The first-order valence-electron chi connectivity index (χ1n) is 13.5. The van der Waals surface area contributed by atoms with Crippen LogP contribution < -0.4 is 15.5 Å². The van der Waals surface area contributed by atoms with E-state index in [1.54, 1.807) is 6.20 Å². The molecule has 11 heteroatoms. The molecular formula is C30H35N9O2. The van der Waals surface area contributed by atoms with Crippen LogP contribution in [0.15, 0.2) is 61.4 Å². The number of hydrogen-bond acceptors (Lipinski definition) is 9. The van der Waals surface area contributed by atoms with Crippen LogP contribution in [0.25, 0.3) is 17.1 Å². The Labute approximate surface area is 239 Å². The van der Waals surface area contributed by atoms with Gasteiger partial charge in [0.05, 0.1) is 36.0 Å². The highest BCUT2D eigenvalue weighted by Gasteiger charge is 2.20. The molecule has 11 nitrogen and oxygen atoms in total. The van der Waals surface area contributed by atoms with Gasteiger partial charge in [0.15, 0.2) is 11.6 Å². The fraction of sp³-hybridized carbons (Fsp3) is 0.300. The van der Waals surface area contributed by atoms with E-state index < -0.39 is 0 Å². The predicted octanol–water partition coefficient (Wildman–Crippen LogP) is 4.11. The zero-order valence-corrected chi connectivity index (χ0v) is 23.9. The van der Waals surface area contributed by atoms with E-state index in [0.29, 0.717) is 55.3 Å². The van der Waals surface area contributed by atoms with Crippen LogP contribution in [0.2, 0.25) is 0 Å². The lowest BCUT2D eigenvalue weighted by Crippen LogP contribution is -2.37. The van der Waals surface area contributed by atoms with Gasteiger partial charge in [-0.25, -0.2) is 14.6 Å². The summed E-state index contributed by atoms with van der Waals surface area (Å²) in [6.45, 7) is 10.8. The number of aromatic nitrogens is 5. The van der Waals surface area contributed by atoms with Gasteiger partial charge in [-0.2, -0.15) is 10.1 Å². The van der Waals surface area contributed by atoms with Crippen LogP contribution >= 0.6 is 0 Å². The number of ether oxygens (including phenoxy) is 1. The van der Waals surface area contributed by atoms with Gasteiger partial charge in [0.1, 0.15) is 0 Å². The molecular weight excluding hydrogens is 518 g/mol. The maximum atomic E-state index is 12.3. The predicted molar refractivity (Wildman–Crippen MR) is 161 cm³/mol. The van der Waals surface area contributed by atoms with Gasteiger partial charge in [0.25, 0.3) is 0 Å². The van der Waals surface area contributed by atoms with E-state index in [9.17, 15) is 4.79 Å². The van der Waals surface area contributed by atoms with Crippen molar-refractivity contribution in [3.63, 3.8) is 0 Å². The Morgan fingerprint density at radius 3 is 2.56 bits per heavy atom. The minimum Gasteiger partial charge on any atom is -0.378 e. The number of aryl methyl sites for hydroxylation is 2. The molecule has 0 atom stereocenters. The van der Waals surface area contributed by atoms with Crippen molar-refractivity contribution in [2.24, 2.45) is 0 Å². The average molecular weight is 554 g/mol. The topological polar surface area (TPSA) is 113 Å². The summed E-state index contributed by atoms with van der Waals surface area (Å²) in [6, 6.07) is 12.0. The number of carbonyl (C=O) groups excluding carboxylic acids is 1. The van der Waals surface area contributed by atoms with Crippen LogP contribution in [0.4, 0.5) is 23.1 Å². The Bertz CT molecular complexity index is 1540. The van der Waals surface area contributed by atoms with Crippen LogP contribution in [-0.4, -0.2) is 75.9 Å². The van der Waals surface area contributed by atoms with Crippen molar-refractivity contribution in [1.82, 2.24) is 29.6 Å². The summed E-state index contributed by atoms with van der Waals surface area (Å²) in [4.78, 5) is 30.7. The number of anilines is 4. The molecule has 1 aliphatic heterocycles. The summed E-state index contributed by atoms with van der Waals surface area (Å²) in [6.07, 6.45) is 5.03. The Morgan fingerprint density at radius 1 is 1.10 bits per heavy atom. The quantitative estimate of drug-likeness (QED) is 0.296. The fourth-order valence-corrected chi connectivity index (χ4v) is 4.67. The number of nitrogens with one attached hydrogen (secondary N) is 2. The number of hydrogen-bond donors (Lipinski definition) is 2. The molecule has 212 valence electrons. The molecule has 4 heterocycles. The van der Waals surface area contributed by atoms with Crippen LogP contribution in [0.3, 0.4) is 0 Å². The standard InChI is InChI=1S/C30H35N9O2/c1-6-26(40)33-25-16-24(21(3)32-29(25)38-12-14-41-15-13-38)34-30-31-17-20(2)28(35-30)39-19-23(18-37(4)5)27(36-39)22-10-8-7-9-11-22/h6-11,16-17,19H,1,12-15,18H2,2-5H3,(H,33,40)(H,31,34,35). The highest BCUT2D eigenvalue weighted by atomic mass is 16.5. The summed E-state index contributed by atoms with van der Waals surface area (Å²) < 4.78 is 7.31. The van der Waals surface area contributed by atoms with Crippen LogP contribution in [0.1, 0.15) is 16.8 Å². The molecule has 0 unspecified atom stereocenters. The number of nitrogens with zero attached hydrogens (tertiary/aromatic N) is 7. The number of carbonyl (C=O) groups is 1. The lowest BCUT2D eigenvalue weighted by atomic mass is 10.1. The molecule has 0 saturated carbocycles. The molecule has 4 aromatic rings. The lowest BCUT2D eigenvalue weighted by Gasteiger charge is -2.30. The number of pyridine rings is 1. The van der Waals surface area contributed by atoms with Gasteiger partial charge < -0.3 is 25.2 Å². The highest BCUT2D eigenvalue weighted by molar-refractivity contribution is 6.01. The molecule has 1 aromatic carbocycles. The van der Waals surface area contributed by atoms with Gasteiger partial charge in [-0.05, 0) is 40.1 Å². The Balaban J connectivity index is 1.50. The monoisotopic (exact) mass is 553 g/mol. The molecule has 41 heavy (non-hydrogen) atoms. The lowest BCUT2D eigenvalue weighted by molar-refractivity contribution is -0.111. The molecule has 1 saturated heterocycles. The Morgan fingerprint density at radius 2 is 1.85 bits per heavy atom. The minimum absolute atomic E-state index is 0.314. The fourth-order valence-electron chi connectivity index (χ4n) is 4.67. The van der Waals surface area contributed by atoms with Crippen molar-refractivity contribution in [1.29, 1.82) is 0 Å². The molecule has 0 bridgehead atoms. The molecule has 1 amide bonds. The number of morpholine rings is 1. The first-order valence-corrected chi connectivity index (χ1v) is 13.5. The van der Waals surface area contributed by atoms with Crippen molar-refractivity contribution >= 4 is 29.0 Å². The highest BCUT2D eigenvalue weighted by Crippen LogP contribution is 2.31. The van der Waals surface area contributed by atoms with Crippen molar-refractivity contribution in [3.05, 3.63) is 78.3 Å². The van der Waals surface area contributed by atoms with E-state index in [4.69, 9.17) is 19.8 Å². The molecule has 0 aliphatic carbocycles. The first kappa shape index (κ1) is 27.9. The van der Waals surface area contributed by atoms with Gasteiger partial charge in [-0.3, -0.25) is 4.79 Å². The van der Waals surface area contributed by atoms with Crippen molar-refractivity contribution in [2.45, 2.75) is 20.4 Å². The summed E-state index contributed by atoms with van der Waals surface area (Å²) in [5, 5.41) is 11.1.